The molecular weight excluding hydrogens is 334 g/mol. The zero-order valence-corrected chi connectivity index (χ0v) is 16.4. The quantitative estimate of drug-likeness (QED) is 0.819. The maximum atomic E-state index is 13.1. The molecule has 0 N–H and O–H groups in total. The molecule has 1 saturated heterocycles. The van der Waals surface area contributed by atoms with Crippen LogP contribution in [-0.2, 0) is 0 Å². The maximum Gasteiger partial charge on any atom is 0.264 e. The first kappa shape index (κ1) is 18.1. The van der Waals surface area contributed by atoms with Crippen molar-refractivity contribution < 1.29 is 4.79 Å². The highest BCUT2D eigenvalue weighted by Gasteiger charge is 2.26. The summed E-state index contributed by atoms with van der Waals surface area (Å²) < 4.78 is 0. The molecule has 0 saturated carbocycles. The molecule has 3 rings (SSSR count). The number of hydrogen-bond acceptors (Lipinski definition) is 6. The van der Waals surface area contributed by atoms with Gasteiger partial charge in [-0.1, -0.05) is 6.92 Å². The molecule has 3 heterocycles. The summed E-state index contributed by atoms with van der Waals surface area (Å²) in [6.07, 6.45) is 1.61. The number of carbonyl (C=O) groups is 1. The van der Waals surface area contributed by atoms with E-state index in [0.717, 1.165) is 72.3 Å². The molecule has 0 aromatic carbocycles. The molecule has 0 radical (unpaired) electrons. The van der Waals surface area contributed by atoms with Crippen molar-refractivity contribution in [1.29, 1.82) is 0 Å². The number of hydrogen-bond donors (Lipinski definition) is 0. The summed E-state index contributed by atoms with van der Waals surface area (Å²) in [5.41, 5.74) is 1.02. The molecule has 1 aliphatic rings. The molecule has 2 aromatic rings. The van der Waals surface area contributed by atoms with Gasteiger partial charge in [0.25, 0.3) is 5.91 Å². The summed E-state index contributed by atoms with van der Waals surface area (Å²) >= 11 is 1.50. The number of fused-ring (bicyclic) bond motifs is 1. The van der Waals surface area contributed by atoms with E-state index in [2.05, 4.69) is 40.5 Å². The minimum atomic E-state index is 0.141. The lowest BCUT2D eigenvalue weighted by Crippen LogP contribution is -2.48. The topological polar surface area (TPSA) is 52.6 Å². The van der Waals surface area contributed by atoms with E-state index < -0.39 is 0 Å². The largest absolute Gasteiger partial charge is 0.357 e. The summed E-state index contributed by atoms with van der Waals surface area (Å²) in [5.74, 6) is 1.08. The molecule has 0 atom stereocenters. The number of likely N-dealkylation sites (N-methyl/N-ethyl adjacent to an activating group) is 1. The van der Waals surface area contributed by atoms with Gasteiger partial charge in [-0.3, -0.25) is 4.79 Å². The van der Waals surface area contributed by atoms with Crippen molar-refractivity contribution in [3.8, 4) is 0 Å². The molecule has 6 nitrogen and oxygen atoms in total. The zero-order valence-electron chi connectivity index (χ0n) is 15.6. The highest BCUT2D eigenvalue weighted by molar-refractivity contribution is 7.20. The van der Waals surface area contributed by atoms with E-state index in [0.29, 0.717) is 0 Å². The van der Waals surface area contributed by atoms with E-state index in [1.165, 1.54) is 11.3 Å². The van der Waals surface area contributed by atoms with E-state index in [9.17, 15) is 4.79 Å². The van der Waals surface area contributed by atoms with Gasteiger partial charge in [0.05, 0.1) is 10.3 Å². The minimum Gasteiger partial charge on any atom is -0.357 e. The summed E-state index contributed by atoms with van der Waals surface area (Å²) in [6.45, 7) is 14.8. The van der Waals surface area contributed by atoms with Crippen LogP contribution in [0.3, 0.4) is 0 Å². The molecule has 0 spiro atoms. The molecule has 0 bridgehead atoms. The third-order valence-electron chi connectivity index (χ3n) is 5.07. The highest BCUT2D eigenvalue weighted by atomic mass is 32.1. The Labute approximate surface area is 153 Å². The standard InChI is InChI=1S/C18H27N5OS/c1-5-21-8-10-23(11-9-21)18(24)15-13(4)14-16(22(6-2)7-3)19-12-20-17(14)25-15/h12H,5-11H2,1-4H3. The predicted molar refractivity (Wildman–Crippen MR) is 104 cm³/mol. The Hall–Kier alpha value is -1.73. The second-order valence-electron chi connectivity index (χ2n) is 6.33. The Morgan fingerprint density at radius 2 is 1.84 bits per heavy atom. The van der Waals surface area contributed by atoms with E-state index in [1.807, 2.05) is 11.8 Å². The molecule has 2 aromatic heterocycles. The number of thiophene rings is 1. The number of carbonyl (C=O) groups excluding carboxylic acids is 1. The van der Waals surface area contributed by atoms with Crippen LogP contribution in [0.1, 0.15) is 36.0 Å². The van der Waals surface area contributed by atoms with Crippen molar-refractivity contribution in [2.75, 3.05) is 50.7 Å². The minimum absolute atomic E-state index is 0.141. The number of piperazine rings is 1. The molecule has 136 valence electrons. The van der Waals surface area contributed by atoms with Gasteiger partial charge < -0.3 is 14.7 Å². The summed E-state index contributed by atoms with van der Waals surface area (Å²) in [7, 11) is 0. The van der Waals surface area contributed by atoms with Crippen LogP contribution in [-0.4, -0.2) is 71.5 Å². The Morgan fingerprint density at radius 1 is 1.16 bits per heavy atom. The average Bonchev–Trinajstić information content (AvgIpc) is 3.00. The van der Waals surface area contributed by atoms with Crippen molar-refractivity contribution in [1.82, 2.24) is 19.8 Å². The fourth-order valence-electron chi connectivity index (χ4n) is 3.43. The molecule has 0 aliphatic carbocycles. The van der Waals surface area contributed by atoms with Crippen molar-refractivity contribution in [3.05, 3.63) is 16.8 Å². The van der Waals surface area contributed by atoms with Gasteiger partial charge in [-0.05, 0) is 32.9 Å². The lowest BCUT2D eigenvalue weighted by molar-refractivity contribution is 0.0647. The van der Waals surface area contributed by atoms with E-state index in [-0.39, 0.29) is 5.91 Å². The van der Waals surface area contributed by atoms with Crippen LogP contribution in [0.25, 0.3) is 10.2 Å². The second kappa shape index (κ2) is 7.66. The normalized spacial score (nSPS) is 15.8. The average molecular weight is 362 g/mol. The van der Waals surface area contributed by atoms with Crippen molar-refractivity contribution in [3.63, 3.8) is 0 Å². The highest BCUT2D eigenvalue weighted by Crippen LogP contribution is 2.35. The van der Waals surface area contributed by atoms with Crippen LogP contribution in [0.2, 0.25) is 0 Å². The maximum absolute atomic E-state index is 13.1. The number of aromatic nitrogens is 2. The third kappa shape index (κ3) is 3.35. The fraction of sp³-hybridized carbons (Fsp3) is 0.611. The molecule has 25 heavy (non-hydrogen) atoms. The Balaban J connectivity index is 1.94. The van der Waals surface area contributed by atoms with Crippen molar-refractivity contribution in [2.24, 2.45) is 0 Å². The van der Waals surface area contributed by atoms with Crippen LogP contribution in [0.4, 0.5) is 5.82 Å². The number of nitrogens with zero attached hydrogens (tertiary/aromatic N) is 5. The monoisotopic (exact) mass is 361 g/mol. The number of anilines is 1. The van der Waals surface area contributed by atoms with Crippen LogP contribution < -0.4 is 4.90 Å². The lowest BCUT2D eigenvalue weighted by atomic mass is 10.1. The molecule has 0 unspecified atom stereocenters. The van der Waals surface area contributed by atoms with E-state index >= 15 is 0 Å². The molecular formula is C18H27N5OS. The third-order valence-corrected chi connectivity index (χ3v) is 6.26. The summed E-state index contributed by atoms with van der Waals surface area (Å²) in [4.78, 5) is 30.3. The smallest absolute Gasteiger partial charge is 0.264 e. The number of rotatable bonds is 5. The van der Waals surface area contributed by atoms with Crippen molar-refractivity contribution >= 4 is 33.3 Å². The van der Waals surface area contributed by atoms with Gasteiger partial charge in [-0.25, -0.2) is 9.97 Å². The molecule has 7 heteroatoms. The van der Waals surface area contributed by atoms with Gasteiger partial charge in [0.15, 0.2) is 0 Å². The zero-order chi connectivity index (χ0) is 18.0. The van der Waals surface area contributed by atoms with Gasteiger partial charge in [0, 0.05) is 39.3 Å². The van der Waals surface area contributed by atoms with Crippen LogP contribution in [0, 0.1) is 6.92 Å². The van der Waals surface area contributed by atoms with Gasteiger partial charge in [0.2, 0.25) is 0 Å². The van der Waals surface area contributed by atoms with Gasteiger partial charge in [0.1, 0.15) is 17.0 Å². The van der Waals surface area contributed by atoms with E-state index in [1.54, 1.807) is 6.33 Å². The lowest BCUT2D eigenvalue weighted by Gasteiger charge is -2.33. The summed E-state index contributed by atoms with van der Waals surface area (Å²) in [6, 6.07) is 0. The van der Waals surface area contributed by atoms with Crippen molar-refractivity contribution in [2.45, 2.75) is 27.7 Å². The SMILES string of the molecule is CCN1CCN(C(=O)c2sc3ncnc(N(CC)CC)c3c2C)CC1. The Kier molecular flexibility index (Phi) is 5.54. The van der Waals surface area contributed by atoms with Gasteiger partial charge >= 0.3 is 0 Å². The van der Waals surface area contributed by atoms with Crippen LogP contribution in [0.15, 0.2) is 6.33 Å². The molecule has 1 aliphatic heterocycles. The van der Waals surface area contributed by atoms with Gasteiger partial charge in [-0.2, -0.15) is 0 Å². The van der Waals surface area contributed by atoms with Gasteiger partial charge in [-0.15, -0.1) is 11.3 Å². The molecule has 1 fully saturated rings. The fourth-order valence-corrected chi connectivity index (χ4v) is 4.54. The Bertz CT molecular complexity index is 747. The Morgan fingerprint density at radius 3 is 2.44 bits per heavy atom. The first-order valence-electron chi connectivity index (χ1n) is 9.11. The van der Waals surface area contributed by atoms with Crippen LogP contribution in [0.5, 0.6) is 0 Å². The number of aryl methyl sites for hydroxylation is 1. The first-order chi connectivity index (χ1) is 12.1. The van der Waals surface area contributed by atoms with Crippen LogP contribution >= 0.6 is 11.3 Å². The predicted octanol–water partition coefficient (Wildman–Crippen LogP) is 2.62. The summed E-state index contributed by atoms with van der Waals surface area (Å²) in [5, 5.41) is 1.03. The first-order valence-corrected chi connectivity index (χ1v) is 9.92. The number of amides is 1. The van der Waals surface area contributed by atoms with E-state index in [4.69, 9.17) is 0 Å². The molecule has 1 amide bonds. The second-order valence-corrected chi connectivity index (χ2v) is 7.33.